The van der Waals surface area contributed by atoms with Crippen LogP contribution in [0.2, 0.25) is 0 Å². The lowest BCUT2D eigenvalue weighted by atomic mass is 9.85. The average molecular weight is 258 g/mol. The van der Waals surface area contributed by atoms with Gasteiger partial charge in [-0.25, -0.2) is 0 Å². The number of aromatic nitrogens is 3. The van der Waals surface area contributed by atoms with Crippen molar-refractivity contribution in [2.75, 3.05) is 0 Å². The minimum Gasteiger partial charge on any atom is -0.338 e. The molecule has 2 unspecified atom stereocenters. The zero-order valence-electron chi connectivity index (χ0n) is 11.3. The highest BCUT2D eigenvalue weighted by Crippen LogP contribution is 2.39. The second-order valence-electron chi connectivity index (χ2n) is 5.56. The second-order valence-corrected chi connectivity index (χ2v) is 5.56. The van der Waals surface area contributed by atoms with Crippen molar-refractivity contribution >= 4 is 0 Å². The van der Waals surface area contributed by atoms with Crippen molar-refractivity contribution < 1.29 is 4.52 Å². The molecule has 19 heavy (non-hydrogen) atoms. The summed E-state index contributed by atoms with van der Waals surface area (Å²) in [7, 11) is 0. The first-order valence-electron chi connectivity index (χ1n) is 6.62. The van der Waals surface area contributed by atoms with E-state index in [9.17, 15) is 0 Å². The van der Waals surface area contributed by atoms with E-state index in [1.54, 1.807) is 6.20 Å². The molecular formula is C14H18N4O. The van der Waals surface area contributed by atoms with E-state index in [0.717, 1.165) is 30.5 Å². The quantitative estimate of drug-likeness (QED) is 0.893. The number of aryl methyl sites for hydroxylation is 1. The Labute approximate surface area is 112 Å². The van der Waals surface area contributed by atoms with Crippen molar-refractivity contribution in [3.05, 3.63) is 29.8 Å². The predicted molar refractivity (Wildman–Crippen MR) is 71.4 cm³/mol. The van der Waals surface area contributed by atoms with Crippen molar-refractivity contribution in [1.82, 2.24) is 15.1 Å². The van der Waals surface area contributed by atoms with Gasteiger partial charge in [-0.3, -0.25) is 4.98 Å². The van der Waals surface area contributed by atoms with Crippen LogP contribution >= 0.6 is 0 Å². The Morgan fingerprint density at radius 3 is 3.00 bits per heavy atom. The van der Waals surface area contributed by atoms with Gasteiger partial charge in [0.2, 0.25) is 11.7 Å². The fourth-order valence-corrected chi connectivity index (χ4v) is 2.68. The molecule has 1 aliphatic carbocycles. The molecule has 0 radical (unpaired) electrons. The summed E-state index contributed by atoms with van der Waals surface area (Å²) in [4.78, 5) is 8.78. The van der Waals surface area contributed by atoms with Gasteiger partial charge in [-0.2, -0.15) is 4.98 Å². The Kier molecular flexibility index (Phi) is 2.86. The van der Waals surface area contributed by atoms with Crippen LogP contribution in [-0.4, -0.2) is 21.2 Å². The molecule has 0 amide bonds. The van der Waals surface area contributed by atoms with Crippen molar-refractivity contribution in [1.29, 1.82) is 0 Å². The molecule has 0 aromatic carbocycles. The fourth-order valence-electron chi connectivity index (χ4n) is 2.68. The molecule has 3 rings (SSSR count). The topological polar surface area (TPSA) is 77.8 Å². The molecule has 1 aliphatic rings. The molecule has 1 fully saturated rings. The molecule has 1 saturated carbocycles. The number of pyridine rings is 1. The highest BCUT2D eigenvalue weighted by atomic mass is 16.5. The molecule has 100 valence electrons. The summed E-state index contributed by atoms with van der Waals surface area (Å²) in [5.41, 5.74) is 7.84. The summed E-state index contributed by atoms with van der Waals surface area (Å²) in [6, 6.07) is 3.98. The van der Waals surface area contributed by atoms with Crippen LogP contribution in [0, 0.1) is 6.92 Å². The highest BCUT2D eigenvalue weighted by Gasteiger charge is 2.42. The maximum Gasteiger partial charge on any atom is 0.234 e. The van der Waals surface area contributed by atoms with E-state index in [-0.39, 0.29) is 11.5 Å². The SMILES string of the molecule is Cc1ccnc(-c2noc(C3(C)CCCC3N)n2)c1. The second kappa shape index (κ2) is 4.42. The van der Waals surface area contributed by atoms with Crippen molar-refractivity contribution in [3.8, 4) is 11.5 Å². The monoisotopic (exact) mass is 258 g/mol. The molecule has 2 N–H and O–H groups in total. The van der Waals surface area contributed by atoms with Crippen molar-refractivity contribution in [3.63, 3.8) is 0 Å². The van der Waals surface area contributed by atoms with Crippen LogP contribution in [0.15, 0.2) is 22.9 Å². The number of nitrogens with zero attached hydrogens (tertiary/aromatic N) is 3. The Morgan fingerprint density at radius 2 is 2.32 bits per heavy atom. The average Bonchev–Trinajstić information content (AvgIpc) is 2.99. The van der Waals surface area contributed by atoms with Crippen LogP contribution in [0.4, 0.5) is 0 Å². The molecule has 2 aromatic rings. The summed E-state index contributed by atoms with van der Waals surface area (Å²) in [6.45, 7) is 4.12. The lowest BCUT2D eigenvalue weighted by Crippen LogP contribution is -2.38. The normalized spacial score (nSPS) is 26.8. The number of hydrogen-bond donors (Lipinski definition) is 1. The van der Waals surface area contributed by atoms with E-state index in [1.165, 1.54) is 0 Å². The molecule has 5 nitrogen and oxygen atoms in total. The van der Waals surface area contributed by atoms with Gasteiger partial charge in [-0.05, 0) is 44.4 Å². The third-order valence-electron chi connectivity index (χ3n) is 4.09. The Bertz CT molecular complexity index is 595. The van der Waals surface area contributed by atoms with E-state index in [0.29, 0.717) is 11.7 Å². The molecule has 0 aliphatic heterocycles. The van der Waals surface area contributed by atoms with Crippen molar-refractivity contribution in [2.45, 2.75) is 44.6 Å². The minimum absolute atomic E-state index is 0.0891. The van der Waals surface area contributed by atoms with Gasteiger partial charge in [0.05, 0.1) is 5.41 Å². The molecule has 0 saturated heterocycles. The third-order valence-corrected chi connectivity index (χ3v) is 4.09. The van der Waals surface area contributed by atoms with E-state index >= 15 is 0 Å². The summed E-state index contributed by atoms with van der Waals surface area (Å²) in [5.74, 6) is 1.18. The van der Waals surface area contributed by atoms with Gasteiger partial charge in [0.1, 0.15) is 5.69 Å². The van der Waals surface area contributed by atoms with Crippen LogP contribution in [0.25, 0.3) is 11.5 Å². The Morgan fingerprint density at radius 1 is 1.47 bits per heavy atom. The largest absolute Gasteiger partial charge is 0.338 e. The smallest absolute Gasteiger partial charge is 0.234 e. The summed E-state index contributed by atoms with van der Waals surface area (Å²) < 4.78 is 5.44. The first-order chi connectivity index (χ1) is 9.09. The molecule has 2 aromatic heterocycles. The summed E-state index contributed by atoms with van der Waals surface area (Å²) in [6.07, 6.45) is 4.87. The Balaban J connectivity index is 1.96. The van der Waals surface area contributed by atoms with Crippen LogP contribution in [-0.2, 0) is 5.41 Å². The molecule has 2 heterocycles. The molecule has 2 atom stereocenters. The zero-order chi connectivity index (χ0) is 13.5. The predicted octanol–water partition coefficient (Wildman–Crippen LogP) is 2.21. The number of hydrogen-bond acceptors (Lipinski definition) is 5. The maximum absolute atomic E-state index is 6.17. The van der Waals surface area contributed by atoms with E-state index < -0.39 is 0 Å². The van der Waals surface area contributed by atoms with Crippen LogP contribution in [0.1, 0.15) is 37.6 Å². The zero-order valence-corrected chi connectivity index (χ0v) is 11.3. The van der Waals surface area contributed by atoms with Gasteiger partial charge < -0.3 is 10.3 Å². The standard InChI is InChI=1S/C14H18N4O/c1-9-5-7-16-10(8-9)12-17-13(19-18-12)14(2)6-3-4-11(14)15/h5,7-8,11H,3-4,6,15H2,1-2H3. The molecule has 0 bridgehead atoms. The van der Waals surface area contributed by atoms with Crippen molar-refractivity contribution in [2.24, 2.45) is 5.73 Å². The van der Waals surface area contributed by atoms with Gasteiger partial charge in [0.25, 0.3) is 0 Å². The molecule has 5 heteroatoms. The van der Waals surface area contributed by atoms with Crippen LogP contribution in [0.3, 0.4) is 0 Å². The highest BCUT2D eigenvalue weighted by molar-refractivity contribution is 5.49. The van der Waals surface area contributed by atoms with Gasteiger partial charge in [-0.15, -0.1) is 0 Å². The van der Waals surface area contributed by atoms with E-state index in [4.69, 9.17) is 10.3 Å². The summed E-state index contributed by atoms with van der Waals surface area (Å²) in [5, 5.41) is 4.05. The van der Waals surface area contributed by atoms with Crippen LogP contribution in [0.5, 0.6) is 0 Å². The van der Waals surface area contributed by atoms with Gasteiger partial charge in [0.15, 0.2) is 0 Å². The fraction of sp³-hybridized carbons (Fsp3) is 0.500. The van der Waals surface area contributed by atoms with Gasteiger partial charge >= 0.3 is 0 Å². The van der Waals surface area contributed by atoms with E-state index in [1.807, 2.05) is 19.1 Å². The van der Waals surface area contributed by atoms with E-state index in [2.05, 4.69) is 22.0 Å². The van der Waals surface area contributed by atoms with Gasteiger partial charge in [-0.1, -0.05) is 11.6 Å². The first-order valence-corrected chi connectivity index (χ1v) is 6.62. The first kappa shape index (κ1) is 12.3. The number of rotatable bonds is 2. The molecular weight excluding hydrogens is 240 g/mol. The Hall–Kier alpha value is -1.75. The van der Waals surface area contributed by atoms with Crippen LogP contribution < -0.4 is 5.73 Å². The minimum atomic E-state index is -0.199. The van der Waals surface area contributed by atoms with Gasteiger partial charge in [0, 0.05) is 12.2 Å². The maximum atomic E-state index is 6.17. The number of nitrogens with two attached hydrogens (primary N) is 1. The lowest BCUT2D eigenvalue weighted by molar-refractivity contribution is 0.278. The lowest BCUT2D eigenvalue weighted by Gasteiger charge is -2.23. The molecule has 0 spiro atoms. The third kappa shape index (κ3) is 2.04. The summed E-state index contributed by atoms with van der Waals surface area (Å²) >= 11 is 0.